The Labute approximate surface area is 184 Å². The van der Waals surface area contributed by atoms with Gasteiger partial charge in [0.15, 0.2) is 0 Å². The molecule has 0 aliphatic rings. The van der Waals surface area contributed by atoms with Gasteiger partial charge in [-0.1, -0.05) is 13.8 Å². The van der Waals surface area contributed by atoms with Crippen LogP contribution in [-0.4, -0.2) is 49.3 Å². The second-order valence-electron chi connectivity index (χ2n) is 7.40. The van der Waals surface area contributed by atoms with E-state index in [9.17, 15) is 14.4 Å². The molecule has 31 heavy (non-hydrogen) atoms. The van der Waals surface area contributed by atoms with E-state index < -0.39 is 0 Å². The van der Waals surface area contributed by atoms with Crippen LogP contribution in [0.25, 0.3) is 0 Å². The van der Waals surface area contributed by atoms with Crippen LogP contribution in [0.4, 0.5) is 17.1 Å². The summed E-state index contributed by atoms with van der Waals surface area (Å²) < 4.78 is 0. The Bertz CT molecular complexity index is 873. The number of nitrogens with one attached hydrogen (secondary N) is 2. The van der Waals surface area contributed by atoms with Gasteiger partial charge in [-0.05, 0) is 61.4 Å². The maximum absolute atomic E-state index is 12.6. The molecule has 2 aromatic carbocycles. The van der Waals surface area contributed by atoms with Gasteiger partial charge in [-0.3, -0.25) is 14.4 Å². The molecule has 7 nitrogen and oxygen atoms in total. The molecule has 0 radical (unpaired) electrons. The van der Waals surface area contributed by atoms with Gasteiger partial charge in [0.2, 0.25) is 11.8 Å². The highest BCUT2D eigenvalue weighted by atomic mass is 16.2. The maximum atomic E-state index is 12.6. The summed E-state index contributed by atoms with van der Waals surface area (Å²) in [5.74, 6) is -0.214. The highest BCUT2D eigenvalue weighted by Crippen LogP contribution is 2.17. The van der Waals surface area contributed by atoms with Crippen LogP contribution in [-0.2, 0) is 9.59 Å². The summed E-state index contributed by atoms with van der Waals surface area (Å²) >= 11 is 0. The largest absolute Gasteiger partial charge is 0.376 e. The minimum Gasteiger partial charge on any atom is -0.376 e. The highest BCUT2D eigenvalue weighted by molar-refractivity contribution is 5.96. The number of hydrogen-bond acceptors (Lipinski definition) is 4. The molecule has 0 atom stereocenters. The van der Waals surface area contributed by atoms with Crippen LogP contribution < -0.4 is 15.5 Å². The molecule has 3 amide bonds. The third-order valence-corrected chi connectivity index (χ3v) is 4.87. The summed E-state index contributed by atoms with van der Waals surface area (Å²) in [7, 11) is 1.70. The molecule has 0 bridgehead atoms. The number of carbonyl (C=O) groups excluding carboxylic acids is 3. The van der Waals surface area contributed by atoms with Crippen molar-refractivity contribution < 1.29 is 14.4 Å². The molecule has 0 aliphatic carbocycles. The lowest BCUT2D eigenvalue weighted by Gasteiger charge is -2.21. The van der Waals surface area contributed by atoms with Crippen LogP contribution in [0.5, 0.6) is 0 Å². The minimum atomic E-state index is -0.190. The molecule has 2 aromatic rings. The zero-order chi connectivity index (χ0) is 22.8. The second-order valence-corrected chi connectivity index (χ2v) is 7.40. The van der Waals surface area contributed by atoms with Crippen molar-refractivity contribution in [2.24, 2.45) is 0 Å². The maximum Gasteiger partial charge on any atom is 0.253 e. The summed E-state index contributed by atoms with van der Waals surface area (Å²) in [5, 5.41) is 5.88. The molecule has 0 heterocycles. The average Bonchev–Trinajstić information content (AvgIpc) is 2.77. The fourth-order valence-corrected chi connectivity index (χ4v) is 3.11. The fraction of sp³-hybridized carbons (Fsp3) is 0.375. The molecule has 2 rings (SSSR count). The van der Waals surface area contributed by atoms with E-state index in [2.05, 4.69) is 24.5 Å². The van der Waals surface area contributed by atoms with Crippen LogP contribution >= 0.6 is 0 Å². The van der Waals surface area contributed by atoms with Crippen molar-refractivity contribution in [2.75, 3.05) is 42.2 Å². The number of amides is 3. The molecule has 0 saturated carbocycles. The molecular formula is C24H32N4O3. The minimum absolute atomic E-state index is 0.0341. The first-order valence-electron chi connectivity index (χ1n) is 10.6. The van der Waals surface area contributed by atoms with Gasteiger partial charge in [0.05, 0.1) is 6.54 Å². The van der Waals surface area contributed by atoms with Crippen molar-refractivity contribution in [1.29, 1.82) is 0 Å². The number of benzene rings is 2. The molecule has 0 saturated heterocycles. The van der Waals surface area contributed by atoms with E-state index in [0.29, 0.717) is 11.3 Å². The lowest BCUT2D eigenvalue weighted by Crippen LogP contribution is -2.32. The normalized spacial score (nSPS) is 10.3. The predicted octanol–water partition coefficient (Wildman–Crippen LogP) is 3.98. The predicted molar refractivity (Wildman–Crippen MR) is 126 cm³/mol. The number of hydrogen-bond donors (Lipinski definition) is 2. The third-order valence-electron chi connectivity index (χ3n) is 4.87. The quantitative estimate of drug-likeness (QED) is 0.604. The first kappa shape index (κ1) is 23.9. The van der Waals surface area contributed by atoms with Crippen LogP contribution in [0, 0.1) is 0 Å². The van der Waals surface area contributed by atoms with Crippen LogP contribution in [0.1, 0.15) is 44.0 Å². The standard InChI is InChI=1S/C24H32N4O3/c1-5-15-28(16-6-2)24(31)19-7-9-20(10-8-19)25-17-23(30)26-21-11-13-22(14-12-21)27(4)18(3)29/h7-14,25H,5-6,15-17H2,1-4H3,(H,26,30). The summed E-state index contributed by atoms with van der Waals surface area (Å²) in [4.78, 5) is 39.7. The molecular weight excluding hydrogens is 392 g/mol. The lowest BCUT2D eigenvalue weighted by molar-refractivity contribution is -0.116. The smallest absolute Gasteiger partial charge is 0.253 e. The van der Waals surface area contributed by atoms with Crippen molar-refractivity contribution in [3.63, 3.8) is 0 Å². The Balaban J connectivity index is 1.88. The second kappa shape index (κ2) is 11.7. The molecule has 7 heteroatoms. The van der Waals surface area contributed by atoms with E-state index in [-0.39, 0.29) is 24.3 Å². The molecule has 166 valence electrons. The van der Waals surface area contributed by atoms with E-state index in [1.807, 2.05) is 17.0 Å². The van der Waals surface area contributed by atoms with Crippen LogP contribution in [0.3, 0.4) is 0 Å². The highest BCUT2D eigenvalue weighted by Gasteiger charge is 2.14. The van der Waals surface area contributed by atoms with Crippen LogP contribution in [0.2, 0.25) is 0 Å². The summed E-state index contributed by atoms with van der Waals surface area (Å²) in [6.45, 7) is 7.22. The number of rotatable bonds is 10. The molecule has 0 aromatic heterocycles. The first-order chi connectivity index (χ1) is 14.8. The van der Waals surface area contributed by atoms with Gasteiger partial charge in [-0.15, -0.1) is 0 Å². The fourth-order valence-electron chi connectivity index (χ4n) is 3.11. The van der Waals surface area contributed by atoms with Crippen molar-refractivity contribution >= 4 is 34.8 Å². The van der Waals surface area contributed by atoms with Gasteiger partial charge >= 0.3 is 0 Å². The van der Waals surface area contributed by atoms with Crippen molar-refractivity contribution in [2.45, 2.75) is 33.6 Å². The Morgan fingerprint density at radius 1 is 0.839 bits per heavy atom. The van der Waals surface area contributed by atoms with Gasteiger partial charge in [-0.2, -0.15) is 0 Å². The lowest BCUT2D eigenvalue weighted by atomic mass is 10.1. The van der Waals surface area contributed by atoms with Crippen LogP contribution in [0.15, 0.2) is 48.5 Å². The number of carbonyl (C=O) groups is 3. The molecule has 2 N–H and O–H groups in total. The van der Waals surface area contributed by atoms with E-state index >= 15 is 0 Å². The van der Waals surface area contributed by atoms with Gasteiger partial charge < -0.3 is 20.4 Å². The molecule has 0 spiro atoms. The average molecular weight is 425 g/mol. The number of nitrogens with zero attached hydrogens (tertiary/aromatic N) is 2. The monoisotopic (exact) mass is 424 g/mol. The van der Waals surface area contributed by atoms with Gasteiger partial charge in [-0.25, -0.2) is 0 Å². The van der Waals surface area contributed by atoms with Gasteiger partial charge in [0.25, 0.3) is 5.91 Å². The Morgan fingerprint density at radius 3 is 1.90 bits per heavy atom. The van der Waals surface area contributed by atoms with Crippen molar-refractivity contribution in [1.82, 2.24) is 4.90 Å². The zero-order valence-corrected chi connectivity index (χ0v) is 18.8. The summed E-state index contributed by atoms with van der Waals surface area (Å²) in [6, 6.07) is 14.3. The topological polar surface area (TPSA) is 81.8 Å². The Hall–Kier alpha value is -3.35. The SMILES string of the molecule is CCCN(CCC)C(=O)c1ccc(NCC(=O)Nc2ccc(N(C)C(C)=O)cc2)cc1. The Morgan fingerprint density at radius 2 is 1.39 bits per heavy atom. The van der Waals surface area contributed by atoms with E-state index in [4.69, 9.17) is 0 Å². The van der Waals surface area contributed by atoms with Gasteiger partial charge in [0, 0.05) is 49.7 Å². The summed E-state index contributed by atoms with van der Waals surface area (Å²) in [6.07, 6.45) is 1.85. The molecule has 0 unspecified atom stereocenters. The Kier molecular flexibility index (Phi) is 9.06. The summed E-state index contributed by atoms with van der Waals surface area (Å²) in [5.41, 5.74) is 2.82. The molecule has 0 aliphatic heterocycles. The van der Waals surface area contributed by atoms with E-state index in [1.54, 1.807) is 43.4 Å². The number of anilines is 3. The van der Waals surface area contributed by atoms with Crippen molar-refractivity contribution in [3.05, 3.63) is 54.1 Å². The van der Waals surface area contributed by atoms with Crippen molar-refractivity contribution in [3.8, 4) is 0 Å². The zero-order valence-electron chi connectivity index (χ0n) is 18.8. The van der Waals surface area contributed by atoms with Gasteiger partial charge in [0.1, 0.15) is 0 Å². The third kappa shape index (κ3) is 7.13. The first-order valence-corrected chi connectivity index (χ1v) is 10.6. The van der Waals surface area contributed by atoms with E-state index in [0.717, 1.165) is 37.3 Å². The van der Waals surface area contributed by atoms with E-state index in [1.165, 1.54) is 11.8 Å². The molecule has 0 fully saturated rings.